The van der Waals surface area contributed by atoms with Crippen molar-refractivity contribution in [2.24, 2.45) is 5.92 Å². The van der Waals surface area contributed by atoms with Gasteiger partial charge in [0.2, 0.25) is 5.91 Å². The summed E-state index contributed by atoms with van der Waals surface area (Å²) in [4.78, 5) is 17.5. The lowest BCUT2D eigenvalue weighted by Gasteiger charge is -2.50. The molecule has 0 unspecified atom stereocenters. The Morgan fingerprint density at radius 2 is 1.69 bits per heavy atom. The van der Waals surface area contributed by atoms with E-state index in [4.69, 9.17) is 0 Å². The number of hydrogen-bond donors (Lipinski definition) is 1. The number of nitrogens with one attached hydrogen (secondary N) is 1. The minimum atomic E-state index is -4.46. The average molecular weight is 498 g/mol. The van der Waals surface area contributed by atoms with Crippen molar-refractivity contribution in [3.05, 3.63) is 95.3 Å². The van der Waals surface area contributed by atoms with Crippen LogP contribution in [0.5, 0.6) is 0 Å². The van der Waals surface area contributed by atoms with Crippen LogP contribution in [-0.2, 0) is 17.4 Å². The number of carbonyl (C=O) groups is 1. The van der Waals surface area contributed by atoms with Crippen LogP contribution in [0.2, 0.25) is 0 Å². The summed E-state index contributed by atoms with van der Waals surface area (Å²) in [7, 11) is 0. The van der Waals surface area contributed by atoms with Crippen LogP contribution in [-0.4, -0.2) is 31.6 Å². The smallest absolute Gasteiger partial charge is 0.365 e. The molecule has 1 saturated heterocycles. The standard InChI is InChI=1S/C28H27F4N3O/c1-18(19-7-3-2-4-8-19)33-27(36)22-16-20-15-21(28(30,31)32)11-12-24(20)35-14-13-34(17-26(22)35)25-10-6-5-9-23(25)29/h2-12,15,18,22,26H,13-14,16-17H2,1H3,(H,33,36)/t18-,22-,26-/m0/s1. The average Bonchev–Trinajstić information content (AvgIpc) is 2.87. The first kappa shape index (κ1) is 24.2. The molecule has 5 rings (SSSR count). The number of piperazine rings is 1. The van der Waals surface area contributed by atoms with Crippen LogP contribution in [0.3, 0.4) is 0 Å². The molecule has 2 aliphatic heterocycles. The quantitative estimate of drug-likeness (QED) is 0.478. The summed E-state index contributed by atoms with van der Waals surface area (Å²) in [6.45, 7) is 3.23. The van der Waals surface area contributed by atoms with Gasteiger partial charge in [-0.05, 0) is 54.8 Å². The molecule has 0 bridgehead atoms. The van der Waals surface area contributed by atoms with Crippen molar-refractivity contribution in [3.8, 4) is 0 Å². The zero-order valence-electron chi connectivity index (χ0n) is 19.8. The maximum absolute atomic E-state index is 14.6. The summed E-state index contributed by atoms with van der Waals surface area (Å²) in [5.74, 6) is -1.16. The van der Waals surface area contributed by atoms with Gasteiger partial charge in [0, 0.05) is 25.3 Å². The first-order chi connectivity index (χ1) is 17.2. The van der Waals surface area contributed by atoms with Gasteiger partial charge >= 0.3 is 6.18 Å². The molecule has 1 fully saturated rings. The number of fused-ring (bicyclic) bond motifs is 3. The highest BCUT2D eigenvalue weighted by molar-refractivity contribution is 5.83. The van der Waals surface area contributed by atoms with E-state index < -0.39 is 17.7 Å². The van der Waals surface area contributed by atoms with Gasteiger partial charge < -0.3 is 15.1 Å². The predicted molar refractivity (Wildman–Crippen MR) is 131 cm³/mol. The lowest BCUT2D eigenvalue weighted by molar-refractivity contribution is -0.137. The molecule has 0 aromatic heterocycles. The van der Waals surface area contributed by atoms with Gasteiger partial charge in [-0.1, -0.05) is 42.5 Å². The first-order valence-corrected chi connectivity index (χ1v) is 12.0. The predicted octanol–water partition coefficient (Wildman–Crippen LogP) is 5.59. The highest BCUT2D eigenvalue weighted by Crippen LogP contribution is 2.40. The van der Waals surface area contributed by atoms with E-state index in [0.717, 1.165) is 17.7 Å². The van der Waals surface area contributed by atoms with Crippen molar-refractivity contribution in [1.82, 2.24) is 5.32 Å². The van der Waals surface area contributed by atoms with Crippen molar-refractivity contribution in [2.75, 3.05) is 29.4 Å². The third-order valence-electron chi connectivity index (χ3n) is 7.23. The third kappa shape index (κ3) is 4.64. The van der Waals surface area contributed by atoms with Crippen LogP contribution in [0.15, 0.2) is 72.8 Å². The summed E-state index contributed by atoms with van der Waals surface area (Å²) in [5.41, 5.74) is 1.90. The van der Waals surface area contributed by atoms with E-state index in [1.54, 1.807) is 18.2 Å². The van der Waals surface area contributed by atoms with Crippen molar-refractivity contribution in [3.63, 3.8) is 0 Å². The molecule has 2 heterocycles. The Labute approximate surface area is 207 Å². The van der Waals surface area contributed by atoms with Crippen molar-refractivity contribution in [1.29, 1.82) is 0 Å². The van der Waals surface area contributed by atoms with Gasteiger partial charge in [-0.3, -0.25) is 4.79 Å². The number of rotatable bonds is 4. The maximum Gasteiger partial charge on any atom is 0.416 e. The Balaban J connectivity index is 1.47. The first-order valence-electron chi connectivity index (χ1n) is 12.0. The highest BCUT2D eigenvalue weighted by atomic mass is 19.4. The summed E-state index contributed by atoms with van der Waals surface area (Å²) in [6.07, 6.45) is -4.28. The third-order valence-corrected chi connectivity index (χ3v) is 7.23. The number of alkyl halides is 3. The summed E-state index contributed by atoms with van der Waals surface area (Å²) >= 11 is 0. The number of benzene rings is 3. The van der Waals surface area contributed by atoms with Crippen molar-refractivity contribution < 1.29 is 22.4 Å². The molecule has 0 spiro atoms. The fraction of sp³-hybridized carbons (Fsp3) is 0.321. The van der Waals surface area contributed by atoms with Gasteiger partial charge in [-0.2, -0.15) is 13.2 Å². The molecular formula is C28H27F4N3O. The molecule has 8 heteroatoms. The second-order valence-corrected chi connectivity index (χ2v) is 9.45. The molecule has 36 heavy (non-hydrogen) atoms. The minimum Gasteiger partial charge on any atom is -0.365 e. The molecule has 2 aliphatic rings. The van der Waals surface area contributed by atoms with Crippen LogP contribution in [0.1, 0.15) is 29.7 Å². The summed E-state index contributed by atoms with van der Waals surface area (Å²) in [6, 6.07) is 19.2. The molecular weight excluding hydrogens is 470 g/mol. The van der Waals surface area contributed by atoms with Crippen LogP contribution in [0, 0.1) is 11.7 Å². The monoisotopic (exact) mass is 497 g/mol. The number of carbonyl (C=O) groups excluding carboxylic acids is 1. The zero-order valence-corrected chi connectivity index (χ0v) is 19.8. The van der Waals surface area contributed by atoms with Crippen LogP contribution in [0.4, 0.5) is 28.9 Å². The topological polar surface area (TPSA) is 35.6 Å². The molecule has 3 aromatic rings. The molecule has 0 saturated carbocycles. The Morgan fingerprint density at radius 1 is 0.972 bits per heavy atom. The van der Waals surface area contributed by atoms with E-state index in [1.807, 2.05) is 47.1 Å². The van der Waals surface area contributed by atoms with Crippen LogP contribution < -0.4 is 15.1 Å². The number of halogens is 4. The summed E-state index contributed by atoms with van der Waals surface area (Å²) in [5, 5.41) is 3.06. The second kappa shape index (κ2) is 9.48. The molecule has 1 amide bonds. The number of anilines is 2. The second-order valence-electron chi connectivity index (χ2n) is 9.45. The Hall–Kier alpha value is -3.55. The lowest BCUT2D eigenvalue weighted by atomic mass is 9.82. The molecule has 3 atom stereocenters. The Kier molecular flexibility index (Phi) is 6.36. The molecule has 1 N–H and O–H groups in total. The van der Waals surface area contributed by atoms with Gasteiger partial charge in [-0.15, -0.1) is 0 Å². The van der Waals surface area contributed by atoms with Gasteiger partial charge in [0.1, 0.15) is 5.82 Å². The lowest BCUT2D eigenvalue weighted by Crippen LogP contribution is -2.61. The van der Waals surface area contributed by atoms with E-state index in [0.29, 0.717) is 36.6 Å². The van der Waals surface area contributed by atoms with Gasteiger partial charge in [0.15, 0.2) is 0 Å². The van der Waals surface area contributed by atoms with E-state index in [2.05, 4.69) is 5.32 Å². The van der Waals surface area contributed by atoms with E-state index >= 15 is 0 Å². The largest absolute Gasteiger partial charge is 0.416 e. The van der Waals surface area contributed by atoms with Crippen LogP contribution in [0.25, 0.3) is 0 Å². The molecule has 188 valence electrons. The van der Waals surface area contributed by atoms with Crippen molar-refractivity contribution >= 4 is 17.3 Å². The molecule has 0 radical (unpaired) electrons. The van der Waals surface area contributed by atoms with E-state index in [9.17, 15) is 22.4 Å². The number of para-hydroxylation sites is 1. The van der Waals surface area contributed by atoms with E-state index in [1.165, 1.54) is 12.1 Å². The molecule has 4 nitrogen and oxygen atoms in total. The van der Waals surface area contributed by atoms with Gasteiger partial charge in [0.25, 0.3) is 0 Å². The fourth-order valence-electron chi connectivity index (χ4n) is 5.37. The highest BCUT2D eigenvalue weighted by Gasteiger charge is 2.43. The Bertz CT molecular complexity index is 1250. The van der Waals surface area contributed by atoms with Gasteiger partial charge in [-0.25, -0.2) is 4.39 Å². The normalized spacial score (nSPS) is 20.4. The molecule has 3 aromatic carbocycles. The Morgan fingerprint density at radius 3 is 2.42 bits per heavy atom. The van der Waals surface area contributed by atoms with E-state index in [-0.39, 0.29) is 30.2 Å². The maximum atomic E-state index is 14.6. The van der Waals surface area contributed by atoms with Crippen LogP contribution >= 0.6 is 0 Å². The molecule has 0 aliphatic carbocycles. The SMILES string of the molecule is C[C@H](NC(=O)[C@H]1Cc2cc(C(F)(F)F)ccc2N2CCN(c3ccccc3F)C[C@@H]12)c1ccccc1. The summed E-state index contributed by atoms with van der Waals surface area (Å²) < 4.78 is 54.9. The number of nitrogens with zero attached hydrogens (tertiary/aromatic N) is 2. The number of amides is 1. The van der Waals surface area contributed by atoms with Crippen molar-refractivity contribution in [2.45, 2.75) is 31.6 Å². The minimum absolute atomic E-state index is 0.179. The fourth-order valence-corrected chi connectivity index (χ4v) is 5.37. The van der Waals surface area contributed by atoms with Gasteiger partial charge in [0.05, 0.1) is 29.3 Å². The zero-order chi connectivity index (χ0) is 25.4. The number of hydrogen-bond acceptors (Lipinski definition) is 3.